The number of rotatable bonds is 6. The molecule has 0 saturated heterocycles. The zero-order valence-electron chi connectivity index (χ0n) is 17.9. The smallest absolute Gasteiger partial charge is 0.338 e. The predicted molar refractivity (Wildman–Crippen MR) is 127 cm³/mol. The van der Waals surface area contributed by atoms with Crippen LogP contribution in [0.5, 0.6) is 5.75 Å². The van der Waals surface area contributed by atoms with Gasteiger partial charge in [-0.25, -0.2) is 9.79 Å². The van der Waals surface area contributed by atoms with E-state index in [1.165, 1.54) is 40.2 Å². The van der Waals surface area contributed by atoms with Gasteiger partial charge in [-0.3, -0.25) is 14.2 Å². The zero-order valence-corrected chi connectivity index (χ0v) is 19.6. The van der Waals surface area contributed by atoms with E-state index in [9.17, 15) is 14.4 Å². The first-order valence-electron chi connectivity index (χ1n) is 10.0. The lowest BCUT2D eigenvalue weighted by molar-refractivity contribution is -0.138. The Kier molecular flexibility index (Phi) is 6.52. The third-order valence-electron chi connectivity index (χ3n) is 4.85. The highest BCUT2D eigenvalue weighted by atomic mass is 32.1. The summed E-state index contributed by atoms with van der Waals surface area (Å²) < 4.78 is 12.5. The summed E-state index contributed by atoms with van der Waals surface area (Å²) in [4.78, 5) is 43.7. The molecule has 1 aliphatic rings. The van der Waals surface area contributed by atoms with Crippen molar-refractivity contribution in [1.29, 1.82) is 0 Å². The first-order chi connectivity index (χ1) is 15.9. The molecule has 7 nitrogen and oxygen atoms in total. The topological polar surface area (TPSA) is 87.0 Å². The number of carbonyl (C=O) groups is 2. The molecule has 1 atom stereocenters. The van der Waals surface area contributed by atoms with Gasteiger partial charge in [0.15, 0.2) is 4.80 Å². The molecule has 3 aromatic rings. The molecule has 2 aromatic heterocycles. The molecule has 1 aliphatic heterocycles. The van der Waals surface area contributed by atoms with E-state index in [0.717, 1.165) is 4.88 Å². The molecule has 0 N–H and O–H groups in total. The van der Waals surface area contributed by atoms with E-state index in [1.807, 2.05) is 23.6 Å². The summed E-state index contributed by atoms with van der Waals surface area (Å²) in [5.41, 5.74) is 1.16. The number of esters is 2. The molecule has 0 radical (unpaired) electrons. The third-order valence-corrected chi connectivity index (χ3v) is 6.65. The first kappa shape index (κ1) is 22.6. The molecule has 9 heteroatoms. The molecule has 33 heavy (non-hydrogen) atoms. The van der Waals surface area contributed by atoms with E-state index in [4.69, 9.17) is 9.47 Å². The van der Waals surface area contributed by atoms with E-state index in [1.54, 1.807) is 31.2 Å². The molecule has 0 saturated carbocycles. The van der Waals surface area contributed by atoms with E-state index in [2.05, 4.69) is 11.6 Å². The van der Waals surface area contributed by atoms with Crippen molar-refractivity contribution in [3.63, 3.8) is 0 Å². The molecule has 4 rings (SSSR count). The summed E-state index contributed by atoms with van der Waals surface area (Å²) in [6.45, 7) is 6.66. The van der Waals surface area contributed by atoms with Gasteiger partial charge in [0.1, 0.15) is 12.4 Å². The molecule has 0 bridgehead atoms. The minimum atomic E-state index is -0.740. The van der Waals surface area contributed by atoms with Crippen LogP contribution in [0.15, 0.2) is 75.5 Å². The quantitative estimate of drug-likeness (QED) is 0.308. The number of ether oxygens (including phenoxy) is 2. The van der Waals surface area contributed by atoms with Gasteiger partial charge in [0, 0.05) is 11.8 Å². The average molecular weight is 481 g/mol. The summed E-state index contributed by atoms with van der Waals surface area (Å²) in [6, 6.07) is 9.80. The monoisotopic (exact) mass is 480 g/mol. The number of fused-ring (bicyclic) bond motifs is 1. The van der Waals surface area contributed by atoms with Crippen LogP contribution in [0.3, 0.4) is 0 Å². The Morgan fingerprint density at radius 2 is 2.00 bits per heavy atom. The van der Waals surface area contributed by atoms with Gasteiger partial charge < -0.3 is 9.47 Å². The minimum absolute atomic E-state index is 0.0382. The van der Waals surface area contributed by atoms with Crippen LogP contribution in [0.4, 0.5) is 0 Å². The molecule has 0 fully saturated rings. The summed E-state index contributed by atoms with van der Waals surface area (Å²) in [6.07, 6.45) is 3.30. The maximum absolute atomic E-state index is 13.5. The molecule has 3 heterocycles. The van der Waals surface area contributed by atoms with Crippen LogP contribution in [-0.2, 0) is 14.3 Å². The normalized spacial score (nSPS) is 15.6. The highest BCUT2D eigenvalue weighted by Gasteiger charge is 2.33. The Morgan fingerprint density at radius 1 is 1.24 bits per heavy atom. The summed E-state index contributed by atoms with van der Waals surface area (Å²) >= 11 is 2.80. The van der Waals surface area contributed by atoms with Crippen LogP contribution in [0.25, 0.3) is 6.08 Å². The molecule has 168 valence electrons. The first-order valence-corrected chi connectivity index (χ1v) is 11.7. The highest BCUT2D eigenvalue weighted by molar-refractivity contribution is 7.11. The van der Waals surface area contributed by atoms with Gasteiger partial charge in [-0.15, -0.1) is 11.3 Å². The van der Waals surface area contributed by atoms with Crippen molar-refractivity contribution in [2.24, 2.45) is 4.99 Å². The van der Waals surface area contributed by atoms with E-state index in [0.29, 0.717) is 26.3 Å². The van der Waals surface area contributed by atoms with Crippen LogP contribution in [0.1, 0.15) is 30.3 Å². The van der Waals surface area contributed by atoms with Crippen molar-refractivity contribution in [3.05, 3.63) is 95.8 Å². The second-order valence-corrected chi connectivity index (χ2v) is 9.14. The number of thiophene rings is 1. The second kappa shape index (κ2) is 9.51. The maximum atomic E-state index is 13.5. The molecule has 1 unspecified atom stereocenters. The van der Waals surface area contributed by atoms with E-state index < -0.39 is 18.0 Å². The van der Waals surface area contributed by atoms with E-state index in [-0.39, 0.29) is 17.7 Å². The van der Waals surface area contributed by atoms with Gasteiger partial charge in [-0.2, -0.15) is 0 Å². The van der Waals surface area contributed by atoms with Crippen LogP contribution in [-0.4, -0.2) is 23.1 Å². The predicted octanol–water partition coefficient (Wildman–Crippen LogP) is 2.95. The summed E-state index contributed by atoms with van der Waals surface area (Å²) in [5, 5.41) is 1.94. The zero-order chi connectivity index (χ0) is 23.5. The second-order valence-electron chi connectivity index (χ2n) is 7.15. The Bertz CT molecular complexity index is 1430. The number of hydrogen-bond donors (Lipinski definition) is 0. The summed E-state index contributed by atoms with van der Waals surface area (Å²) in [7, 11) is 0. The fourth-order valence-electron chi connectivity index (χ4n) is 3.50. The number of hydrogen-bond acceptors (Lipinski definition) is 8. The maximum Gasteiger partial charge on any atom is 0.338 e. The van der Waals surface area contributed by atoms with Crippen molar-refractivity contribution in [1.82, 2.24) is 4.57 Å². The number of thiazole rings is 1. The van der Waals surface area contributed by atoms with Crippen molar-refractivity contribution in [2.45, 2.75) is 19.9 Å². The van der Waals surface area contributed by atoms with Crippen LogP contribution in [0.2, 0.25) is 0 Å². The minimum Gasteiger partial charge on any atom is -0.458 e. The van der Waals surface area contributed by atoms with Crippen LogP contribution < -0.4 is 19.6 Å². The lowest BCUT2D eigenvalue weighted by Gasteiger charge is -2.24. The van der Waals surface area contributed by atoms with Gasteiger partial charge in [0.05, 0.1) is 21.8 Å². The molecule has 0 aliphatic carbocycles. The van der Waals surface area contributed by atoms with E-state index >= 15 is 0 Å². The molecule has 0 amide bonds. The molecule has 1 aromatic carbocycles. The Hall–Kier alpha value is -3.56. The van der Waals surface area contributed by atoms with Crippen LogP contribution in [0, 0.1) is 0 Å². The number of allylic oxidation sites excluding steroid dienone is 1. The lowest BCUT2D eigenvalue weighted by Crippen LogP contribution is -2.39. The van der Waals surface area contributed by atoms with Crippen molar-refractivity contribution >= 4 is 40.7 Å². The number of nitrogens with zero attached hydrogens (tertiary/aromatic N) is 2. The third kappa shape index (κ3) is 4.64. The molecule has 0 spiro atoms. The Morgan fingerprint density at radius 3 is 2.64 bits per heavy atom. The van der Waals surface area contributed by atoms with Gasteiger partial charge in [0.2, 0.25) is 0 Å². The van der Waals surface area contributed by atoms with Crippen molar-refractivity contribution in [3.8, 4) is 5.75 Å². The lowest BCUT2D eigenvalue weighted by atomic mass is 9.96. The standard InChI is InChI=1S/C24H20N2O5S2/c1-4-11-30-23(29)20-14(2)25-24-26(22(28)19(33-24)13-18-6-5-12-32-18)21(20)16-7-9-17(10-8-16)31-15(3)27/h4-10,12-13,21H,1,11H2,2-3H3/b19-13-. The SMILES string of the molecule is C=CCOC(=O)C1=C(C)N=c2s/c(=C\c3cccs3)c(=O)n2C1c1ccc(OC(C)=O)cc1. The van der Waals surface area contributed by atoms with Crippen LogP contribution >= 0.6 is 22.7 Å². The molecular weight excluding hydrogens is 460 g/mol. The van der Waals surface area contributed by atoms with Gasteiger partial charge in [-0.1, -0.05) is 42.2 Å². The van der Waals surface area contributed by atoms with Gasteiger partial charge in [-0.05, 0) is 42.1 Å². The largest absolute Gasteiger partial charge is 0.458 e. The molecular formula is C24H20N2O5S2. The number of benzene rings is 1. The van der Waals surface area contributed by atoms with Gasteiger partial charge in [0.25, 0.3) is 5.56 Å². The van der Waals surface area contributed by atoms with Crippen molar-refractivity contribution in [2.75, 3.05) is 6.61 Å². The fourth-order valence-corrected chi connectivity index (χ4v) is 5.27. The highest BCUT2D eigenvalue weighted by Crippen LogP contribution is 2.31. The Balaban J connectivity index is 1.89. The Labute approximate surface area is 197 Å². The van der Waals surface area contributed by atoms with Crippen molar-refractivity contribution < 1.29 is 19.1 Å². The number of carbonyl (C=O) groups excluding carboxylic acids is 2. The summed E-state index contributed by atoms with van der Waals surface area (Å²) in [5.74, 6) is -0.640. The number of aromatic nitrogens is 1. The fraction of sp³-hybridized carbons (Fsp3) is 0.167. The van der Waals surface area contributed by atoms with Gasteiger partial charge >= 0.3 is 11.9 Å². The average Bonchev–Trinajstić information content (AvgIpc) is 3.39.